The van der Waals surface area contributed by atoms with Crippen molar-refractivity contribution in [3.05, 3.63) is 59.9 Å². The number of nitrogens with one attached hydrogen (secondary N) is 1. The first-order valence-corrected chi connectivity index (χ1v) is 5.15. The Morgan fingerprint density at radius 3 is 2.83 bits per heavy atom. The standard InChI is InChI=1S/C13H9N2O3/c16-9-11(8-10-4-1-2-6-14-10)15-13(17)12-5-3-7-18-12/h1-8H,(H,15,17). The van der Waals surface area contributed by atoms with Crippen LogP contribution in [0.5, 0.6) is 0 Å². The second-order valence-corrected chi connectivity index (χ2v) is 3.35. The summed E-state index contributed by atoms with van der Waals surface area (Å²) in [6, 6.07) is 8.31. The van der Waals surface area contributed by atoms with E-state index >= 15 is 0 Å². The van der Waals surface area contributed by atoms with Crippen molar-refractivity contribution in [2.45, 2.75) is 0 Å². The first kappa shape index (κ1) is 11.8. The van der Waals surface area contributed by atoms with E-state index in [2.05, 4.69) is 10.3 Å². The molecule has 0 saturated carbocycles. The lowest BCUT2D eigenvalue weighted by atomic mass is 10.3. The van der Waals surface area contributed by atoms with Gasteiger partial charge in [0.15, 0.2) is 5.76 Å². The molecule has 18 heavy (non-hydrogen) atoms. The maximum Gasteiger partial charge on any atom is 0.291 e. The molecule has 0 aliphatic heterocycles. The molecule has 0 spiro atoms. The molecule has 2 heterocycles. The number of carbonyl (C=O) groups is 1. The molecular formula is C13H9N2O3. The number of nitrogens with zero attached hydrogens (tertiary/aromatic N) is 1. The Balaban J connectivity index is 2.13. The molecule has 0 aromatic carbocycles. The molecule has 1 N–H and O–H groups in total. The lowest BCUT2D eigenvalue weighted by Crippen LogP contribution is -2.22. The quantitative estimate of drug-likeness (QED) is 0.824. The predicted molar refractivity (Wildman–Crippen MR) is 64.1 cm³/mol. The highest BCUT2D eigenvalue weighted by molar-refractivity contribution is 5.97. The fraction of sp³-hybridized carbons (Fsp3) is 0. The van der Waals surface area contributed by atoms with E-state index in [9.17, 15) is 9.59 Å². The summed E-state index contributed by atoms with van der Waals surface area (Å²) in [5, 5.41) is 2.38. The van der Waals surface area contributed by atoms with Gasteiger partial charge in [0.25, 0.3) is 12.2 Å². The average molecular weight is 241 g/mol. The fourth-order valence-electron chi connectivity index (χ4n) is 1.29. The van der Waals surface area contributed by atoms with Crippen molar-refractivity contribution in [1.29, 1.82) is 0 Å². The molecule has 1 radical (unpaired) electrons. The van der Waals surface area contributed by atoms with Crippen LogP contribution in [0, 0.1) is 0 Å². The summed E-state index contributed by atoms with van der Waals surface area (Å²) < 4.78 is 4.91. The highest BCUT2D eigenvalue weighted by Crippen LogP contribution is 2.03. The van der Waals surface area contributed by atoms with Crippen LogP contribution >= 0.6 is 0 Å². The van der Waals surface area contributed by atoms with Crippen molar-refractivity contribution in [1.82, 2.24) is 10.3 Å². The molecule has 2 aromatic rings. The van der Waals surface area contributed by atoms with Gasteiger partial charge >= 0.3 is 0 Å². The monoisotopic (exact) mass is 241 g/mol. The predicted octanol–water partition coefficient (Wildman–Crippen LogP) is 1.56. The van der Waals surface area contributed by atoms with Gasteiger partial charge in [-0.05, 0) is 30.3 Å². The molecular weight excluding hydrogens is 232 g/mol. The number of aromatic nitrogens is 1. The summed E-state index contributed by atoms with van der Waals surface area (Å²) in [7, 11) is 0. The molecule has 5 heteroatoms. The van der Waals surface area contributed by atoms with Crippen LogP contribution in [0.4, 0.5) is 0 Å². The molecule has 0 bridgehead atoms. The summed E-state index contributed by atoms with van der Waals surface area (Å²) >= 11 is 0. The van der Waals surface area contributed by atoms with E-state index in [4.69, 9.17) is 4.42 Å². The number of carbonyl (C=O) groups excluding carboxylic acids is 2. The first-order valence-electron chi connectivity index (χ1n) is 5.15. The van der Waals surface area contributed by atoms with E-state index in [1.165, 1.54) is 18.4 Å². The maximum absolute atomic E-state index is 11.6. The molecule has 0 aliphatic rings. The Morgan fingerprint density at radius 1 is 1.33 bits per heavy atom. The molecule has 0 atom stereocenters. The van der Waals surface area contributed by atoms with E-state index in [-0.39, 0.29) is 11.5 Å². The summed E-state index contributed by atoms with van der Waals surface area (Å²) in [6.45, 7) is 0. The second-order valence-electron chi connectivity index (χ2n) is 3.35. The largest absolute Gasteiger partial charge is 0.459 e. The molecule has 0 fully saturated rings. The Hall–Kier alpha value is -2.69. The molecule has 5 nitrogen and oxygen atoms in total. The van der Waals surface area contributed by atoms with E-state index in [0.717, 1.165) is 0 Å². The highest BCUT2D eigenvalue weighted by atomic mass is 16.3. The Morgan fingerprint density at radius 2 is 2.22 bits per heavy atom. The zero-order chi connectivity index (χ0) is 12.8. The molecule has 1 amide bonds. The van der Waals surface area contributed by atoms with Crippen LogP contribution in [-0.2, 0) is 4.79 Å². The maximum atomic E-state index is 11.6. The SMILES string of the molecule is O=[C]C(=Cc1ccccn1)NC(=O)c1ccco1. The average Bonchev–Trinajstić information content (AvgIpc) is 2.93. The van der Waals surface area contributed by atoms with Gasteiger partial charge in [0.05, 0.1) is 17.7 Å². The van der Waals surface area contributed by atoms with Gasteiger partial charge in [0.2, 0.25) is 0 Å². The second kappa shape index (κ2) is 5.58. The van der Waals surface area contributed by atoms with Gasteiger partial charge in [-0.25, -0.2) is 0 Å². The minimum atomic E-state index is -0.509. The van der Waals surface area contributed by atoms with E-state index in [1.807, 2.05) is 0 Å². The van der Waals surface area contributed by atoms with Crippen LogP contribution < -0.4 is 5.32 Å². The third kappa shape index (κ3) is 2.91. The molecule has 89 valence electrons. The van der Waals surface area contributed by atoms with Crippen LogP contribution in [0.3, 0.4) is 0 Å². The van der Waals surface area contributed by atoms with Crippen LogP contribution in [0.15, 0.2) is 52.9 Å². The molecule has 2 rings (SSSR count). The van der Waals surface area contributed by atoms with Crippen molar-refractivity contribution in [2.24, 2.45) is 0 Å². The van der Waals surface area contributed by atoms with Gasteiger partial charge in [-0.1, -0.05) is 6.07 Å². The van der Waals surface area contributed by atoms with Gasteiger partial charge in [-0.15, -0.1) is 0 Å². The Kier molecular flexibility index (Phi) is 3.66. The van der Waals surface area contributed by atoms with Gasteiger partial charge in [-0.2, -0.15) is 0 Å². The number of allylic oxidation sites excluding steroid dienone is 1. The summed E-state index contributed by atoms with van der Waals surface area (Å²) in [5.74, 6) is -0.386. The van der Waals surface area contributed by atoms with E-state index in [0.29, 0.717) is 5.69 Å². The minimum absolute atomic E-state index is 0.00454. The Bertz CT molecular complexity index is 559. The lowest BCUT2D eigenvalue weighted by Gasteiger charge is -2.00. The number of hydrogen-bond donors (Lipinski definition) is 1. The summed E-state index contributed by atoms with van der Waals surface area (Å²) in [4.78, 5) is 26.4. The van der Waals surface area contributed by atoms with Gasteiger partial charge < -0.3 is 9.73 Å². The van der Waals surface area contributed by atoms with Crippen molar-refractivity contribution in [3.8, 4) is 0 Å². The highest BCUT2D eigenvalue weighted by Gasteiger charge is 2.10. The van der Waals surface area contributed by atoms with Crippen molar-refractivity contribution in [2.75, 3.05) is 0 Å². The Labute approximate surface area is 103 Å². The molecule has 2 aromatic heterocycles. The molecule has 0 unspecified atom stereocenters. The van der Waals surface area contributed by atoms with Crippen molar-refractivity contribution in [3.63, 3.8) is 0 Å². The van der Waals surface area contributed by atoms with Crippen molar-refractivity contribution < 1.29 is 14.0 Å². The number of furan rings is 1. The summed E-state index contributed by atoms with van der Waals surface area (Å²) in [6.07, 6.45) is 6.03. The number of rotatable bonds is 4. The van der Waals surface area contributed by atoms with Gasteiger partial charge in [0, 0.05) is 6.20 Å². The lowest BCUT2D eigenvalue weighted by molar-refractivity contribution is 0.0940. The number of hydrogen-bond acceptors (Lipinski definition) is 4. The third-order valence-corrected chi connectivity index (χ3v) is 2.08. The van der Waals surface area contributed by atoms with Crippen LogP contribution in [0.1, 0.15) is 16.2 Å². The van der Waals surface area contributed by atoms with Gasteiger partial charge in [-0.3, -0.25) is 14.6 Å². The van der Waals surface area contributed by atoms with Gasteiger partial charge in [0.1, 0.15) is 0 Å². The minimum Gasteiger partial charge on any atom is -0.459 e. The number of pyridine rings is 1. The molecule has 0 saturated heterocycles. The van der Waals surface area contributed by atoms with E-state index < -0.39 is 5.91 Å². The van der Waals surface area contributed by atoms with Crippen LogP contribution in [0.25, 0.3) is 6.08 Å². The van der Waals surface area contributed by atoms with Crippen molar-refractivity contribution >= 4 is 18.3 Å². The topological polar surface area (TPSA) is 72.2 Å². The van der Waals surface area contributed by atoms with E-state index in [1.54, 1.807) is 36.7 Å². The van der Waals surface area contributed by atoms with Crippen LogP contribution in [0.2, 0.25) is 0 Å². The number of amides is 1. The van der Waals surface area contributed by atoms with Crippen LogP contribution in [-0.4, -0.2) is 17.2 Å². The third-order valence-electron chi connectivity index (χ3n) is 2.08. The first-order chi connectivity index (χ1) is 8.79. The normalized spacial score (nSPS) is 11.0. The zero-order valence-corrected chi connectivity index (χ0v) is 9.29. The fourth-order valence-corrected chi connectivity index (χ4v) is 1.29. The smallest absolute Gasteiger partial charge is 0.291 e. The molecule has 0 aliphatic carbocycles. The summed E-state index contributed by atoms with van der Waals surface area (Å²) in [5.41, 5.74) is 0.547. The zero-order valence-electron chi connectivity index (χ0n) is 9.29.